The first-order chi connectivity index (χ1) is 12.7. The third kappa shape index (κ3) is 3.15. The molecule has 7 nitrogen and oxygen atoms in total. The van der Waals surface area contributed by atoms with Gasteiger partial charge >= 0.3 is 12.1 Å². The molecule has 0 spiro atoms. The van der Waals surface area contributed by atoms with Crippen LogP contribution in [0.5, 0.6) is 0 Å². The van der Waals surface area contributed by atoms with Gasteiger partial charge < -0.3 is 14.7 Å². The van der Waals surface area contributed by atoms with Gasteiger partial charge in [0.15, 0.2) is 0 Å². The Morgan fingerprint density at radius 2 is 1.89 bits per heavy atom. The number of rotatable bonds is 3. The molecule has 2 amide bonds. The molecule has 0 radical (unpaired) electrons. The van der Waals surface area contributed by atoms with Crippen molar-refractivity contribution < 1.29 is 24.2 Å². The fraction of sp³-hybridized carbons (Fsp3) is 0.550. The first kappa shape index (κ1) is 19.2. The molecule has 27 heavy (non-hydrogen) atoms. The fourth-order valence-corrected chi connectivity index (χ4v) is 4.13. The van der Waals surface area contributed by atoms with Crippen molar-refractivity contribution in [1.29, 1.82) is 0 Å². The molecule has 2 aliphatic heterocycles. The van der Waals surface area contributed by atoms with Gasteiger partial charge in [-0.1, -0.05) is 39.0 Å². The Morgan fingerprint density at radius 3 is 2.41 bits per heavy atom. The van der Waals surface area contributed by atoms with Crippen LogP contribution < -0.4 is 4.90 Å². The molecule has 7 heteroatoms. The van der Waals surface area contributed by atoms with Gasteiger partial charge in [-0.15, -0.1) is 0 Å². The third-order valence-electron chi connectivity index (χ3n) is 5.35. The predicted molar refractivity (Wildman–Crippen MR) is 99.7 cm³/mol. The SMILES string of the molecule is CCOC(=O)C1CCN1C(=O)C1c2ccccc2N(C(=O)O)C1C(C)(C)C. The summed E-state index contributed by atoms with van der Waals surface area (Å²) in [5.41, 5.74) is 0.762. The first-order valence-electron chi connectivity index (χ1n) is 9.26. The van der Waals surface area contributed by atoms with Crippen LogP contribution in [-0.4, -0.2) is 53.2 Å². The summed E-state index contributed by atoms with van der Waals surface area (Å²) in [5.74, 6) is -1.25. The van der Waals surface area contributed by atoms with Gasteiger partial charge in [0.2, 0.25) is 5.91 Å². The minimum absolute atomic E-state index is 0.213. The number of anilines is 1. The molecule has 3 atom stereocenters. The van der Waals surface area contributed by atoms with Gasteiger partial charge in [-0.25, -0.2) is 9.59 Å². The molecular weight excluding hydrogens is 348 g/mol. The highest BCUT2D eigenvalue weighted by Gasteiger charge is 2.53. The minimum Gasteiger partial charge on any atom is -0.465 e. The van der Waals surface area contributed by atoms with Gasteiger partial charge in [0.05, 0.1) is 24.3 Å². The summed E-state index contributed by atoms with van der Waals surface area (Å²) in [4.78, 5) is 40.4. The number of esters is 1. The van der Waals surface area contributed by atoms with Crippen LogP contribution in [0.4, 0.5) is 10.5 Å². The van der Waals surface area contributed by atoms with E-state index >= 15 is 0 Å². The van der Waals surface area contributed by atoms with E-state index in [1.54, 1.807) is 25.1 Å². The summed E-state index contributed by atoms with van der Waals surface area (Å²) < 4.78 is 5.07. The minimum atomic E-state index is -1.08. The Balaban J connectivity index is 2.00. The van der Waals surface area contributed by atoms with Crippen molar-refractivity contribution in [3.05, 3.63) is 29.8 Å². The van der Waals surface area contributed by atoms with Crippen LogP contribution in [-0.2, 0) is 14.3 Å². The molecule has 146 valence electrons. The number of hydrogen-bond donors (Lipinski definition) is 1. The molecule has 1 aromatic carbocycles. The number of hydrogen-bond acceptors (Lipinski definition) is 4. The Hall–Kier alpha value is -2.57. The van der Waals surface area contributed by atoms with Crippen LogP contribution in [0.25, 0.3) is 0 Å². The van der Waals surface area contributed by atoms with Crippen molar-refractivity contribution in [2.24, 2.45) is 5.41 Å². The van der Waals surface area contributed by atoms with Crippen LogP contribution in [0, 0.1) is 5.41 Å². The van der Waals surface area contributed by atoms with E-state index in [4.69, 9.17) is 4.74 Å². The lowest BCUT2D eigenvalue weighted by Crippen LogP contribution is -2.59. The Morgan fingerprint density at radius 1 is 1.22 bits per heavy atom. The van der Waals surface area contributed by atoms with Crippen molar-refractivity contribution in [2.45, 2.75) is 52.1 Å². The highest BCUT2D eigenvalue weighted by molar-refractivity contribution is 5.99. The summed E-state index contributed by atoms with van der Waals surface area (Å²) in [6, 6.07) is 5.98. The fourth-order valence-electron chi connectivity index (χ4n) is 4.13. The van der Waals surface area contributed by atoms with Gasteiger partial charge in [0, 0.05) is 6.54 Å². The second kappa shape index (κ2) is 6.87. The quantitative estimate of drug-likeness (QED) is 0.822. The van der Waals surface area contributed by atoms with Crippen molar-refractivity contribution in [1.82, 2.24) is 4.90 Å². The zero-order chi connectivity index (χ0) is 19.9. The highest BCUT2D eigenvalue weighted by Crippen LogP contribution is 2.49. The average molecular weight is 374 g/mol. The number of carbonyl (C=O) groups excluding carboxylic acids is 2. The van der Waals surface area contributed by atoms with Gasteiger partial charge in [-0.3, -0.25) is 9.69 Å². The second-order valence-corrected chi connectivity index (χ2v) is 8.09. The summed E-state index contributed by atoms with van der Waals surface area (Å²) in [7, 11) is 0. The van der Waals surface area contributed by atoms with E-state index in [1.807, 2.05) is 26.8 Å². The maximum absolute atomic E-state index is 13.4. The number of para-hydroxylation sites is 1. The molecule has 3 unspecified atom stereocenters. The highest BCUT2D eigenvalue weighted by atomic mass is 16.5. The van der Waals surface area contributed by atoms with E-state index in [1.165, 1.54) is 9.80 Å². The maximum Gasteiger partial charge on any atom is 0.412 e. The smallest absolute Gasteiger partial charge is 0.412 e. The zero-order valence-corrected chi connectivity index (χ0v) is 16.1. The van der Waals surface area contributed by atoms with Crippen LogP contribution in [0.1, 0.15) is 45.6 Å². The van der Waals surface area contributed by atoms with Crippen LogP contribution in [0.3, 0.4) is 0 Å². The van der Waals surface area contributed by atoms with Crippen molar-refractivity contribution in [2.75, 3.05) is 18.1 Å². The molecule has 3 rings (SSSR count). The monoisotopic (exact) mass is 374 g/mol. The van der Waals surface area contributed by atoms with Crippen molar-refractivity contribution in [3.8, 4) is 0 Å². The number of fused-ring (bicyclic) bond motifs is 1. The van der Waals surface area contributed by atoms with E-state index < -0.39 is 35.5 Å². The number of likely N-dealkylation sites (tertiary alicyclic amines) is 1. The molecule has 0 saturated carbocycles. The van der Waals surface area contributed by atoms with Crippen molar-refractivity contribution >= 4 is 23.7 Å². The van der Waals surface area contributed by atoms with E-state index in [0.717, 1.165) is 0 Å². The number of benzene rings is 1. The van der Waals surface area contributed by atoms with Gasteiger partial charge in [-0.2, -0.15) is 0 Å². The molecule has 1 fully saturated rings. The molecule has 2 heterocycles. The Bertz CT molecular complexity index is 770. The molecule has 0 aliphatic carbocycles. The average Bonchev–Trinajstić information content (AvgIpc) is 2.89. The predicted octanol–water partition coefficient (Wildman–Crippen LogP) is 2.85. The zero-order valence-electron chi connectivity index (χ0n) is 16.1. The molecular formula is C20H26N2O5. The first-order valence-corrected chi connectivity index (χ1v) is 9.26. The number of carbonyl (C=O) groups is 3. The summed E-state index contributed by atoms with van der Waals surface area (Å²) in [6.07, 6.45) is -0.509. The largest absolute Gasteiger partial charge is 0.465 e. The third-order valence-corrected chi connectivity index (χ3v) is 5.35. The topological polar surface area (TPSA) is 87.2 Å². The van der Waals surface area contributed by atoms with E-state index in [9.17, 15) is 19.5 Å². The van der Waals surface area contributed by atoms with Gasteiger partial charge in [-0.05, 0) is 30.4 Å². The lowest BCUT2D eigenvalue weighted by atomic mass is 9.77. The maximum atomic E-state index is 13.4. The lowest BCUT2D eigenvalue weighted by molar-refractivity contribution is -0.162. The van der Waals surface area contributed by atoms with Gasteiger partial charge in [0.25, 0.3) is 0 Å². The molecule has 1 aromatic rings. The number of nitrogens with zero attached hydrogens (tertiary/aromatic N) is 2. The molecule has 0 bridgehead atoms. The molecule has 1 saturated heterocycles. The van der Waals surface area contributed by atoms with E-state index in [0.29, 0.717) is 24.2 Å². The van der Waals surface area contributed by atoms with Crippen LogP contribution in [0.2, 0.25) is 0 Å². The van der Waals surface area contributed by atoms with Crippen LogP contribution in [0.15, 0.2) is 24.3 Å². The lowest BCUT2D eigenvalue weighted by Gasteiger charge is -2.43. The molecule has 2 aliphatic rings. The number of carboxylic acid groups (broad SMARTS) is 1. The molecule has 1 N–H and O–H groups in total. The number of amides is 2. The molecule has 0 aromatic heterocycles. The van der Waals surface area contributed by atoms with Gasteiger partial charge in [0.1, 0.15) is 6.04 Å². The van der Waals surface area contributed by atoms with Crippen LogP contribution >= 0.6 is 0 Å². The standard InChI is InChI=1S/C20H26N2O5/c1-5-27-18(24)14-10-11-21(14)17(23)15-12-8-6-7-9-13(12)22(19(25)26)16(15)20(2,3)4/h6-9,14-16H,5,10-11H2,1-4H3,(H,25,26). The summed E-state index contributed by atoms with van der Waals surface area (Å²) >= 11 is 0. The summed E-state index contributed by atoms with van der Waals surface area (Å²) in [6.45, 7) is 8.26. The van der Waals surface area contributed by atoms with E-state index in [2.05, 4.69) is 0 Å². The Kier molecular flexibility index (Phi) is 4.88. The second-order valence-electron chi connectivity index (χ2n) is 8.09. The van der Waals surface area contributed by atoms with Crippen molar-refractivity contribution in [3.63, 3.8) is 0 Å². The summed E-state index contributed by atoms with van der Waals surface area (Å²) in [5, 5.41) is 9.84. The normalized spacial score (nSPS) is 24.2. The number of ether oxygens (including phenoxy) is 1. The van der Waals surface area contributed by atoms with E-state index in [-0.39, 0.29) is 12.5 Å². The Labute approximate surface area is 158 Å².